The van der Waals surface area contributed by atoms with Gasteiger partial charge >= 0.3 is 0 Å². The Bertz CT molecular complexity index is 14300. The number of hydrogen-bond donors (Lipinski definition) is 0. The van der Waals surface area contributed by atoms with E-state index in [9.17, 15) is 31.5 Å². The molecule has 0 spiro atoms. The molecule has 0 heteroatoms. The second kappa shape index (κ2) is 31.9. The molecule has 0 nitrogen and oxygen atoms in total. The largest absolute Gasteiger partial charge is 0.0636 e. The van der Waals surface area contributed by atoms with Crippen molar-refractivity contribution in [3.63, 3.8) is 0 Å². The lowest BCUT2D eigenvalue weighted by molar-refractivity contribution is 1.22. The van der Waals surface area contributed by atoms with Gasteiger partial charge in [0.15, 0.2) is 0 Å². The molecule has 0 aliphatic rings. The molecule has 0 bridgehead atoms. The summed E-state index contributed by atoms with van der Waals surface area (Å²) in [5, 5.41) is 9.54. The second-order valence-electron chi connectivity index (χ2n) is 36.1. The Morgan fingerprint density at radius 1 is 0.124 bits per heavy atom. The maximum absolute atomic E-state index is 10.3. The van der Waals surface area contributed by atoms with Gasteiger partial charge in [-0.05, 0) is 351 Å². The van der Waals surface area contributed by atoms with Crippen LogP contribution in [0.5, 0.6) is 0 Å². The van der Waals surface area contributed by atoms with E-state index in [1.165, 1.54) is 32.3 Å². The Morgan fingerprint density at radius 3 is 0.945 bits per heavy atom. The van der Waals surface area contributed by atoms with E-state index in [0.29, 0.717) is 27.8 Å². The van der Waals surface area contributed by atoms with Gasteiger partial charge in [0.1, 0.15) is 0 Å². The van der Waals surface area contributed by atoms with Gasteiger partial charge in [-0.3, -0.25) is 0 Å². The highest BCUT2D eigenvalue weighted by molar-refractivity contribution is 6.33. The average molecular weight is 1880 g/mol. The van der Waals surface area contributed by atoms with E-state index < -0.39 is 372 Å². The van der Waals surface area contributed by atoms with Gasteiger partial charge in [-0.2, -0.15) is 0 Å². The molecule has 0 aliphatic carbocycles. The van der Waals surface area contributed by atoms with E-state index in [2.05, 4.69) is 127 Å². The average Bonchev–Trinajstić information content (AvgIpc) is 0.681. The lowest BCUT2D eigenvalue weighted by atomic mass is 9.84. The van der Waals surface area contributed by atoms with E-state index >= 15 is 0 Å². The van der Waals surface area contributed by atoms with Crippen molar-refractivity contribution >= 4 is 226 Å². The lowest BCUT2D eigenvalue weighted by Gasteiger charge is -2.19. The standard InChI is InChI=1S/C49H30.2C48H28/c1-2-13-40-30(6-1)7-3-12-37(40)28-38-18-19-39(41-24-20-35-16-14-31-8-4-10-33-22-26-43(41)48(35)46(31)33)29-45(38)42-25-21-36-17-15-32-9-5-11-34-23-27-44(42)49(36)47(32)34;2*1-2-12-37-29(6-1)7-5-13-39(37)40-25-22-36(38-23-18-34-16-14-30-8-3-10-32-20-26-42(38)47(34)45(30)32)28-44(40)41-24-19-35-17-15-31-9-4-11-33-21-27-43(41)48(35)46(31)33/h1-27,29H,28H2;2*1-28H/i1D,2D,3D,4D,5D,6D,7D,8D,9D,10D,11D,12D,13D,14D,15D,16D,17D,18D,19D,20D,21D,22D,23D,24D,25D,26D,27D,29D;3D,4D,8D,9D,10D,11D,14D,15D,16D,17D,18D,19D,20D,21D,23D,24D,26D,27D;22D,25D,28D. The summed E-state index contributed by atoms with van der Waals surface area (Å²) in [4.78, 5) is 0. The number of rotatable bonds is 10. The van der Waals surface area contributed by atoms with Crippen LogP contribution in [-0.2, 0) is 6.42 Å². The fourth-order valence-corrected chi connectivity index (χ4v) is 22.0. The number of fused-ring (bicyclic) bond motifs is 3. The summed E-state index contributed by atoms with van der Waals surface area (Å²) in [7, 11) is 0. The van der Waals surface area contributed by atoms with Gasteiger partial charge in [0.2, 0.25) is 0 Å². The molecule has 0 aromatic heterocycles. The van der Waals surface area contributed by atoms with Crippen molar-refractivity contribution in [1.82, 2.24) is 0 Å². The topological polar surface area (TPSA) is 0 Å². The summed E-state index contributed by atoms with van der Waals surface area (Å²) in [6.07, 6.45) is -0.971. The Balaban J connectivity index is 0.000000123. The molecule has 0 aliphatic heterocycles. The molecule has 0 N–H and O–H groups in total. The van der Waals surface area contributed by atoms with E-state index in [1.807, 2.05) is 66.7 Å². The summed E-state index contributed by atoms with van der Waals surface area (Å²) in [6, 6.07) is 38.5. The van der Waals surface area contributed by atoms with Crippen LogP contribution in [0.3, 0.4) is 0 Å². The second-order valence-corrected chi connectivity index (χ2v) is 36.1. The van der Waals surface area contributed by atoms with Crippen LogP contribution in [0.4, 0.5) is 0 Å². The van der Waals surface area contributed by atoms with Crippen molar-refractivity contribution < 1.29 is 67.2 Å². The monoisotopic (exact) mass is 1880 g/mol. The molecule has 0 atom stereocenters. The van der Waals surface area contributed by atoms with E-state index in [1.54, 1.807) is 18.2 Å². The predicted octanol–water partition coefficient (Wildman–Crippen LogP) is 40.8. The molecule has 0 fully saturated rings. The minimum Gasteiger partial charge on any atom is -0.0616 e. The van der Waals surface area contributed by atoms with E-state index in [0.717, 1.165) is 70.6 Å². The lowest BCUT2D eigenvalue weighted by Crippen LogP contribution is -1.96. The number of hydrogen-bond acceptors (Lipinski definition) is 0. The van der Waals surface area contributed by atoms with Crippen LogP contribution in [-0.4, -0.2) is 0 Å². The normalized spacial score (nSPS) is 16.9. The zero-order chi connectivity index (χ0) is 137. The first-order chi connectivity index (χ1) is 92.4. The Kier molecular flexibility index (Phi) is 10.3. The summed E-state index contributed by atoms with van der Waals surface area (Å²) in [5.74, 6) is 0. The fourth-order valence-electron chi connectivity index (χ4n) is 22.0. The first-order valence-corrected chi connectivity index (χ1v) is 46.8. The van der Waals surface area contributed by atoms with Crippen molar-refractivity contribution in [1.29, 1.82) is 0 Å². The van der Waals surface area contributed by atoms with Crippen LogP contribution in [0.2, 0.25) is 0 Å². The molecule has 0 saturated heterocycles. The van der Waals surface area contributed by atoms with Crippen LogP contribution in [0.1, 0.15) is 78.3 Å². The SMILES string of the molecule is [2H]c1c([2H])c(-c2c([2H])c([2H])c3c([2H])c([2H])c4c([2H])c([2H])c([2H])c5c([2H])c([2H])c2c3c45)c([2H])c(-c2c([2H])c([2H])c3c([2H])c([2H])c4c([2H])c([2H])c([2H])c5c([2H])c([2H])c2c3c45)c1Cc1c([2H])c([2H])c([2H])c2c([2H])c([2H])c([2H])c([2H])c12.[2H]c1c([2H])c(-c2cccc3ccccc23)c(-c2ccc3ccc4cccc5ccc2c3c45)c([2H])c1-c1ccc2ccc3cccc4ccc1c2c34.[2H]c1c([2H])c2c([2H])c([2H])c3c([2H])c([2H])c(-c4ccc(-c5cccc6ccccc56)c(-c5c([2H])c([2H])c6c([2H])c([2H])c7c([2H])c([2H])c([2H])c8c([2H])c([2H])c5c6c78)c4)c4c([2H])c([2H])c(c1[2H])c2c34. The molecule has 33 aromatic rings. The van der Waals surface area contributed by atoms with Crippen LogP contribution >= 0.6 is 0 Å². The van der Waals surface area contributed by atoms with Crippen molar-refractivity contribution in [3.05, 3.63) is 520 Å². The maximum atomic E-state index is 10.3. The van der Waals surface area contributed by atoms with Gasteiger partial charge in [-0.25, -0.2) is 0 Å². The van der Waals surface area contributed by atoms with Crippen molar-refractivity contribution in [2.45, 2.75) is 6.42 Å². The summed E-state index contributed by atoms with van der Waals surface area (Å²) in [6.45, 7) is 0. The van der Waals surface area contributed by atoms with Crippen molar-refractivity contribution in [2.75, 3.05) is 0 Å². The Labute approximate surface area is 904 Å². The van der Waals surface area contributed by atoms with Gasteiger partial charge in [-0.15, -0.1) is 0 Å². The van der Waals surface area contributed by atoms with Crippen molar-refractivity contribution in [3.8, 4) is 89.0 Å². The van der Waals surface area contributed by atoms with Gasteiger partial charge in [-0.1, -0.05) is 490 Å². The molecular weight excluding hydrogens is 1740 g/mol. The molecule has 0 saturated carbocycles. The van der Waals surface area contributed by atoms with Crippen LogP contribution in [0, 0.1) is 0 Å². The first kappa shape index (κ1) is 47.0. The van der Waals surface area contributed by atoms with E-state index in [4.69, 9.17) is 35.6 Å². The zero-order valence-electron chi connectivity index (χ0n) is 124. The molecule has 33 aromatic carbocycles. The third-order valence-electron chi connectivity index (χ3n) is 28.5. The van der Waals surface area contributed by atoms with Gasteiger partial charge < -0.3 is 0 Å². The quantitative estimate of drug-likeness (QED) is 0.120. The zero-order valence-corrected chi connectivity index (χ0v) is 75.4. The number of benzene rings is 33. The van der Waals surface area contributed by atoms with Crippen LogP contribution in [0.25, 0.3) is 315 Å². The molecule has 33 rings (SSSR count). The third kappa shape index (κ3) is 12.6. The smallest absolute Gasteiger partial charge is 0.0616 e. The predicted molar refractivity (Wildman–Crippen MR) is 627 cm³/mol. The van der Waals surface area contributed by atoms with Crippen molar-refractivity contribution in [2.24, 2.45) is 0 Å². The molecule has 666 valence electrons. The highest BCUT2D eigenvalue weighted by atomic mass is 14.3. The molecular formula is C145H86. The minimum atomic E-state index is -1.02. The summed E-state index contributed by atoms with van der Waals surface area (Å²) in [5.41, 5.74) is 1.51. The fraction of sp³-hybridized carbons (Fsp3) is 0.00690. The maximum Gasteiger partial charge on any atom is 0.0636 e. The first-order valence-electron chi connectivity index (χ1n) is 71.3. The van der Waals surface area contributed by atoms with Gasteiger partial charge in [0, 0.05) is 0 Å². The summed E-state index contributed by atoms with van der Waals surface area (Å²) < 4.78 is 450. The highest BCUT2D eigenvalue weighted by Crippen LogP contribution is 2.53. The highest BCUT2D eigenvalue weighted by Gasteiger charge is 2.26. The van der Waals surface area contributed by atoms with Gasteiger partial charge in [0.05, 0.1) is 67.2 Å². The molecule has 0 amide bonds. The Morgan fingerprint density at radius 2 is 0.434 bits per heavy atom. The third-order valence-corrected chi connectivity index (χ3v) is 28.5. The minimum absolute atomic E-state index is 0.00957. The van der Waals surface area contributed by atoms with Crippen LogP contribution in [0.15, 0.2) is 508 Å². The molecule has 0 unspecified atom stereocenters. The molecule has 0 radical (unpaired) electrons. The van der Waals surface area contributed by atoms with Gasteiger partial charge in [0.25, 0.3) is 0 Å². The molecule has 0 heterocycles. The van der Waals surface area contributed by atoms with E-state index in [-0.39, 0.29) is 127 Å². The Hall–Kier alpha value is -18.7. The molecule has 145 heavy (non-hydrogen) atoms. The summed E-state index contributed by atoms with van der Waals surface area (Å²) >= 11 is 0. The van der Waals surface area contributed by atoms with Crippen LogP contribution < -0.4 is 0 Å².